The van der Waals surface area contributed by atoms with Crippen molar-refractivity contribution in [2.75, 3.05) is 18.9 Å². The number of hydrogen-bond acceptors (Lipinski definition) is 18. The first-order valence-corrected chi connectivity index (χ1v) is 19.1. The van der Waals surface area contributed by atoms with Gasteiger partial charge in [0.25, 0.3) is 11.7 Å². The monoisotopic (exact) mass is 827 g/mol. The van der Waals surface area contributed by atoms with E-state index >= 15 is 0 Å². The number of aliphatic hydroxyl groups excluding tert-OH is 5. The Morgan fingerprint density at radius 3 is 2.61 bits per heavy atom. The summed E-state index contributed by atoms with van der Waals surface area (Å²) in [6.07, 6.45) is -14.9. The summed E-state index contributed by atoms with van der Waals surface area (Å²) in [6.45, 7) is -0.448. The average Bonchev–Trinajstić information content (AvgIpc) is 3.71. The summed E-state index contributed by atoms with van der Waals surface area (Å²) >= 11 is 1.16. The van der Waals surface area contributed by atoms with Crippen LogP contribution in [0.15, 0.2) is 47.4 Å². The number of carboxylic acid groups (broad SMARTS) is 1. The molecule has 2 aromatic heterocycles. The number of nitrogens with zero attached hydrogens (tertiary/aromatic N) is 2. The van der Waals surface area contributed by atoms with Crippen LogP contribution in [0.25, 0.3) is 10.4 Å². The number of nitrogen functional groups attached to an aromatic ring is 1. The number of phosphoric ester groups is 1. The van der Waals surface area contributed by atoms with Gasteiger partial charge in [-0.1, -0.05) is 12.1 Å². The van der Waals surface area contributed by atoms with Gasteiger partial charge in [0.1, 0.15) is 48.7 Å². The third kappa shape index (κ3) is 8.49. The van der Waals surface area contributed by atoms with Gasteiger partial charge >= 0.3 is 19.5 Å². The van der Waals surface area contributed by atoms with Crippen molar-refractivity contribution in [1.29, 1.82) is 0 Å². The fourth-order valence-corrected chi connectivity index (χ4v) is 8.50. The maximum Gasteiger partial charge on any atom is 0.475 e. The number of aliphatic hydroxyl groups is 5. The molecule has 0 radical (unpaired) electrons. The fourth-order valence-electron chi connectivity index (χ4n) is 6.43. The lowest BCUT2D eigenvalue weighted by Gasteiger charge is -2.46. The molecule has 0 saturated carbocycles. The molecule has 2 saturated heterocycles. The molecule has 22 nitrogen and oxygen atoms in total. The normalized spacial score (nSPS) is 29.2. The number of fused-ring (bicyclic) bond motifs is 3. The lowest BCUT2D eigenvalue weighted by molar-refractivity contribution is -0.288. The first-order valence-electron chi connectivity index (χ1n) is 16.8. The number of benzene rings is 1. The highest BCUT2D eigenvalue weighted by Crippen LogP contribution is 2.51. The molecular weight excluding hydrogens is 789 g/mol. The summed E-state index contributed by atoms with van der Waals surface area (Å²) in [6, 6.07) is 8.42. The number of amides is 2. The van der Waals surface area contributed by atoms with Crippen molar-refractivity contribution in [2.24, 2.45) is 0 Å². The molecule has 3 aliphatic rings. The number of carbonyl (C=O) groups is 3. The second kappa shape index (κ2) is 16.2. The minimum absolute atomic E-state index is 0.144. The van der Waals surface area contributed by atoms with Gasteiger partial charge in [0.15, 0.2) is 6.23 Å². The van der Waals surface area contributed by atoms with Crippen molar-refractivity contribution in [3.8, 4) is 16.2 Å². The molecule has 3 aliphatic heterocycles. The standard InChI is InChI=1S/C32H38N5O17PS/c1-13(38)35-22-16(39)9-32(30(45)46,54-55(48,49)51-12-19-24(42)25(43)29(52-19)37-7-6-21(33)36-31(37)47)53-26(22)23(41)17(40)10-34-28(44)20-8-14-11-50-18-5-3-2-4-15(18)27(14)56-20/h2-8,16-17,19,22-26,29,39-43H,9-12H2,1H3,(H,34,44)(H,35,38)(H,45,46)(H,48,49)(H2,33,36,47)/t16-,17+,19+,22+,23+,24+,25+,26+,29+,32+/m0/s1. The molecule has 0 aliphatic carbocycles. The summed E-state index contributed by atoms with van der Waals surface area (Å²) in [5.74, 6) is -6.31. The van der Waals surface area contributed by atoms with Crippen LogP contribution in [0.4, 0.5) is 5.82 Å². The zero-order valence-corrected chi connectivity index (χ0v) is 30.8. The van der Waals surface area contributed by atoms with Crippen molar-refractivity contribution < 1.29 is 77.7 Å². The van der Waals surface area contributed by atoms with Gasteiger partial charge in [-0.05, 0) is 24.3 Å². The van der Waals surface area contributed by atoms with Gasteiger partial charge < -0.3 is 66.1 Å². The molecule has 11 N–H and O–H groups in total. The Morgan fingerprint density at radius 2 is 1.91 bits per heavy atom. The molecule has 1 aromatic carbocycles. The number of nitrogens with one attached hydrogen (secondary N) is 2. The SMILES string of the molecule is CC(=O)N[C@H]1[C@H]([C@H](O)[C@H](O)CNC(=O)c2cc3c(s2)-c2ccccc2OC3)O[C@](OP(=O)(O)OC[C@H]2O[C@@H](n3ccc(N)nc3=O)[C@H](O)[C@@H]2O)(C(=O)O)C[C@@H]1O. The van der Waals surface area contributed by atoms with Gasteiger partial charge in [-0.2, -0.15) is 4.98 Å². The number of nitrogens with two attached hydrogens (primary N) is 1. The zero-order valence-electron chi connectivity index (χ0n) is 29.1. The lowest BCUT2D eigenvalue weighted by Crippen LogP contribution is -2.68. The summed E-state index contributed by atoms with van der Waals surface area (Å²) < 4.78 is 40.5. The maximum absolute atomic E-state index is 13.2. The lowest BCUT2D eigenvalue weighted by atomic mass is 9.88. The van der Waals surface area contributed by atoms with Gasteiger partial charge in [0.05, 0.1) is 29.7 Å². The Morgan fingerprint density at radius 1 is 1.18 bits per heavy atom. The minimum Gasteiger partial charge on any atom is -0.488 e. The molecule has 2 amide bonds. The average molecular weight is 828 g/mol. The predicted molar refractivity (Wildman–Crippen MR) is 188 cm³/mol. The highest BCUT2D eigenvalue weighted by Gasteiger charge is 2.59. The molecule has 3 aromatic rings. The number of thiophene rings is 1. The number of hydrogen-bond donors (Lipinski definition) is 10. The first-order chi connectivity index (χ1) is 26.4. The smallest absolute Gasteiger partial charge is 0.475 e. The Balaban J connectivity index is 1.14. The number of carboxylic acids is 1. The van der Waals surface area contributed by atoms with Crippen molar-refractivity contribution in [2.45, 2.75) is 80.7 Å². The zero-order chi connectivity index (χ0) is 40.7. The Bertz CT molecular complexity index is 2080. The van der Waals surface area contributed by atoms with E-state index in [4.69, 9.17) is 29.0 Å². The van der Waals surface area contributed by atoms with Crippen LogP contribution >= 0.6 is 19.2 Å². The summed E-state index contributed by atoms with van der Waals surface area (Å²) in [7, 11) is -5.61. The van der Waals surface area contributed by atoms with E-state index in [0.717, 1.165) is 45.0 Å². The highest BCUT2D eigenvalue weighted by atomic mass is 32.1. The molecule has 5 heterocycles. The van der Waals surface area contributed by atoms with Crippen LogP contribution in [0.3, 0.4) is 0 Å². The number of anilines is 1. The summed E-state index contributed by atoms with van der Waals surface area (Å²) in [5.41, 5.74) is 6.04. The second-order valence-electron chi connectivity index (χ2n) is 13.1. The third-order valence-corrected chi connectivity index (χ3v) is 11.4. The van der Waals surface area contributed by atoms with E-state index in [1.165, 1.54) is 6.07 Å². The Hall–Kier alpha value is -4.36. The van der Waals surface area contributed by atoms with Gasteiger partial charge in [0.2, 0.25) is 5.91 Å². The van der Waals surface area contributed by atoms with Crippen molar-refractivity contribution >= 4 is 42.8 Å². The molecule has 0 bridgehead atoms. The summed E-state index contributed by atoms with van der Waals surface area (Å²) in [4.78, 5) is 65.2. The molecule has 2 fully saturated rings. The van der Waals surface area contributed by atoms with Crippen LogP contribution in [0.5, 0.6) is 5.75 Å². The molecular formula is C32H38N5O17PS. The molecule has 56 heavy (non-hydrogen) atoms. The van der Waals surface area contributed by atoms with E-state index in [-0.39, 0.29) is 17.3 Å². The number of aliphatic carboxylic acids is 1. The third-order valence-electron chi connectivity index (χ3n) is 9.15. The number of aromatic nitrogens is 2. The molecule has 24 heteroatoms. The predicted octanol–water partition coefficient (Wildman–Crippen LogP) is -2.21. The van der Waals surface area contributed by atoms with Crippen LogP contribution in [0.2, 0.25) is 0 Å². The van der Waals surface area contributed by atoms with Crippen LogP contribution < -0.4 is 26.8 Å². The Kier molecular flexibility index (Phi) is 12.0. The van der Waals surface area contributed by atoms with E-state index in [1.54, 1.807) is 18.2 Å². The molecule has 1 unspecified atom stereocenters. The van der Waals surface area contributed by atoms with E-state index in [9.17, 15) is 59.3 Å². The largest absolute Gasteiger partial charge is 0.488 e. The number of phosphoric acid groups is 1. The van der Waals surface area contributed by atoms with Crippen molar-refractivity contribution in [3.05, 3.63) is 63.5 Å². The number of para-hydroxylation sites is 1. The highest BCUT2D eigenvalue weighted by molar-refractivity contribution is 7.47. The number of ether oxygens (including phenoxy) is 3. The Labute approximate surface area is 319 Å². The van der Waals surface area contributed by atoms with Gasteiger partial charge in [0, 0.05) is 42.1 Å². The van der Waals surface area contributed by atoms with Crippen LogP contribution in [0, 0.1) is 0 Å². The summed E-state index contributed by atoms with van der Waals surface area (Å²) in [5, 5.41) is 69.1. The van der Waals surface area contributed by atoms with Crippen molar-refractivity contribution in [1.82, 2.24) is 20.2 Å². The number of rotatable bonds is 13. The molecule has 6 rings (SSSR count). The van der Waals surface area contributed by atoms with E-state index in [1.807, 2.05) is 12.1 Å². The van der Waals surface area contributed by atoms with Crippen LogP contribution in [0.1, 0.15) is 34.8 Å². The van der Waals surface area contributed by atoms with E-state index in [0.29, 0.717) is 5.75 Å². The molecule has 11 atom stereocenters. The molecule has 0 spiro atoms. The van der Waals surface area contributed by atoms with Crippen LogP contribution in [-0.4, -0.2) is 131 Å². The first kappa shape index (κ1) is 41.3. The quantitative estimate of drug-likeness (QED) is 0.0816. The van der Waals surface area contributed by atoms with E-state index in [2.05, 4.69) is 15.6 Å². The minimum atomic E-state index is -5.61. The second-order valence-corrected chi connectivity index (χ2v) is 15.5. The topological polar surface area (TPSA) is 341 Å². The van der Waals surface area contributed by atoms with Gasteiger partial charge in [-0.25, -0.2) is 18.7 Å². The maximum atomic E-state index is 13.2. The fraction of sp³-hybridized carbons (Fsp3) is 0.469. The van der Waals surface area contributed by atoms with Crippen LogP contribution in [-0.2, 0) is 39.3 Å². The van der Waals surface area contributed by atoms with Gasteiger partial charge in [-0.15, -0.1) is 11.3 Å². The van der Waals surface area contributed by atoms with Gasteiger partial charge in [-0.3, -0.25) is 18.7 Å². The van der Waals surface area contributed by atoms with Crippen molar-refractivity contribution in [3.63, 3.8) is 0 Å². The molecule has 304 valence electrons. The number of carbonyl (C=O) groups excluding carboxylic acids is 2. The van der Waals surface area contributed by atoms with E-state index < -0.39 is 112 Å².